The van der Waals surface area contributed by atoms with Crippen molar-refractivity contribution < 1.29 is 14.3 Å². The molecule has 0 spiro atoms. The van der Waals surface area contributed by atoms with Crippen molar-refractivity contribution >= 4 is 40.3 Å². The molecule has 1 atom stereocenters. The Morgan fingerprint density at radius 1 is 0.904 bits per heavy atom. The molecule has 6 fully saturated rings. The first-order valence-electron chi connectivity index (χ1n) is 19.2. The fraction of sp³-hybridized carbons (Fsp3) is 0.632. The molecule has 1 aromatic carbocycles. The van der Waals surface area contributed by atoms with E-state index in [4.69, 9.17) is 22.1 Å². The van der Waals surface area contributed by atoms with E-state index in [1.807, 2.05) is 36.5 Å². The molecule has 7 heterocycles. The summed E-state index contributed by atoms with van der Waals surface area (Å²) in [6, 6.07) is 9.48. The van der Waals surface area contributed by atoms with E-state index in [2.05, 4.69) is 45.2 Å². The Morgan fingerprint density at radius 2 is 1.63 bits per heavy atom. The molecule has 6 aliphatic rings. The summed E-state index contributed by atoms with van der Waals surface area (Å²) in [6.45, 7) is 10.9. The fourth-order valence-electron chi connectivity index (χ4n) is 9.12. The van der Waals surface area contributed by atoms with Gasteiger partial charge in [-0.2, -0.15) is 0 Å². The number of nitrogens with zero attached hydrogens (tertiary/aromatic N) is 6. The number of nitrogens with one attached hydrogen (secondary N) is 3. The smallest absolute Gasteiger partial charge is 0.240 e. The largest absolute Gasteiger partial charge is 0.373 e. The first-order valence-corrected chi connectivity index (χ1v) is 19.6. The molecule has 3 aromatic rings. The van der Waals surface area contributed by atoms with Gasteiger partial charge in [-0.25, -0.2) is 9.97 Å². The van der Waals surface area contributed by atoms with Crippen LogP contribution in [0.15, 0.2) is 42.9 Å². The van der Waals surface area contributed by atoms with Gasteiger partial charge in [-0.05, 0) is 68.7 Å². The zero-order chi connectivity index (χ0) is 35.8. The van der Waals surface area contributed by atoms with Crippen LogP contribution in [0, 0.1) is 5.41 Å². The standard InChI is InChI=1S/C38H53ClN10O3/c39-29-3-1-28(2-4-29)31(45-34(50)38(40)11-17-48(18-12-38)33-30-5-13-42-32(30)43-27-44-33)6-16-46-21-23-49(24-22-46)35(51)36-7-9-37(10-8-36,52-26-36)25-47-19-14-41-15-20-47/h1-5,13,27,31,41H,6-12,14-26,40H2,(H,45,50)(H,42,43,44)/t31-,36?,37?/m0/s1. The number of H-pyrrole nitrogens is 1. The predicted molar refractivity (Wildman–Crippen MR) is 201 cm³/mol. The van der Waals surface area contributed by atoms with E-state index in [1.165, 1.54) is 0 Å². The van der Waals surface area contributed by atoms with Crippen LogP contribution in [-0.2, 0) is 14.3 Å². The number of hydrogen-bond donors (Lipinski definition) is 4. The van der Waals surface area contributed by atoms with Crippen molar-refractivity contribution in [2.45, 2.75) is 62.1 Å². The first kappa shape index (κ1) is 35.7. The number of benzene rings is 1. The summed E-state index contributed by atoms with van der Waals surface area (Å²) >= 11 is 6.25. The highest BCUT2D eigenvalue weighted by atomic mass is 35.5. The number of fused-ring (bicyclic) bond motifs is 4. The summed E-state index contributed by atoms with van der Waals surface area (Å²) in [4.78, 5) is 49.1. The van der Waals surface area contributed by atoms with Gasteiger partial charge in [0.15, 0.2) is 0 Å². The van der Waals surface area contributed by atoms with Gasteiger partial charge in [0, 0.05) is 89.8 Å². The molecule has 2 bridgehead atoms. The molecule has 5 N–H and O–H groups in total. The molecule has 0 radical (unpaired) electrons. The number of anilines is 1. The number of piperazine rings is 2. The second kappa shape index (κ2) is 14.8. The number of aromatic amines is 1. The van der Waals surface area contributed by atoms with Crippen LogP contribution in [-0.4, -0.2) is 138 Å². The minimum atomic E-state index is -0.983. The van der Waals surface area contributed by atoms with E-state index >= 15 is 0 Å². The van der Waals surface area contributed by atoms with Crippen molar-refractivity contribution in [3.05, 3.63) is 53.4 Å². The minimum absolute atomic E-state index is 0.0811. The first-order chi connectivity index (χ1) is 25.2. The van der Waals surface area contributed by atoms with Crippen LogP contribution in [0.1, 0.15) is 56.6 Å². The molecule has 1 saturated carbocycles. The number of piperidine rings is 1. The summed E-state index contributed by atoms with van der Waals surface area (Å²) in [7, 11) is 0. The lowest BCUT2D eigenvalue weighted by atomic mass is 9.65. The minimum Gasteiger partial charge on any atom is -0.373 e. The lowest BCUT2D eigenvalue weighted by Gasteiger charge is -2.55. The number of ether oxygens (including phenoxy) is 1. The maximum absolute atomic E-state index is 14.0. The highest BCUT2D eigenvalue weighted by Gasteiger charge is 2.55. The summed E-state index contributed by atoms with van der Waals surface area (Å²) in [5.74, 6) is 1.02. The molecule has 2 aromatic heterocycles. The van der Waals surface area contributed by atoms with Gasteiger partial charge >= 0.3 is 0 Å². The van der Waals surface area contributed by atoms with Gasteiger partial charge in [0.05, 0.1) is 34.6 Å². The quantitative estimate of drug-likeness (QED) is 0.245. The van der Waals surface area contributed by atoms with Crippen LogP contribution in [0.5, 0.6) is 0 Å². The van der Waals surface area contributed by atoms with Crippen LogP contribution in [0.2, 0.25) is 5.02 Å². The van der Waals surface area contributed by atoms with Crippen LogP contribution in [0.3, 0.4) is 0 Å². The van der Waals surface area contributed by atoms with Crippen LogP contribution in [0.4, 0.5) is 5.82 Å². The summed E-state index contributed by atoms with van der Waals surface area (Å²) < 4.78 is 6.56. The number of halogens is 1. The molecule has 5 saturated heterocycles. The topological polar surface area (TPSA) is 148 Å². The Bertz CT molecular complexity index is 1690. The van der Waals surface area contributed by atoms with Gasteiger partial charge in [0.2, 0.25) is 11.8 Å². The molecule has 2 amide bonds. The predicted octanol–water partition coefficient (Wildman–Crippen LogP) is 2.54. The molecule has 280 valence electrons. The fourth-order valence-corrected chi connectivity index (χ4v) is 9.24. The van der Waals surface area contributed by atoms with Crippen LogP contribution in [0.25, 0.3) is 11.0 Å². The molecule has 13 nitrogen and oxygen atoms in total. The van der Waals surface area contributed by atoms with Crippen molar-refractivity contribution in [2.75, 3.05) is 90.0 Å². The van der Waals surface area contributed by atoms with E-state index in [1.54, 1.807) is 6.33 Å². The average Bonchev–Trinajstić information content (AvgIpc) is 3.68. The summed E-state index contributed by atoms with van der Waals surface area (Å²) in [5.41, 5.74) is 7.22. The zero-order valence-electron chi connectivity index (χ0n) is 30.1. The lowest BCUT2D eigenvalue weighted by molar-refractivity contribution is -0.202. The van der Waals surface area contributed by atoms with Crippen molar-refractivity contribution in [3.8, 4) is 0 Å². The van der Waals surface area contributed by atoms with Gasteiger partial charge < -0.3 is 35.9 Å². The monoisotopic (exact) mass is 732 g/mol. The third kappa shape index (κ3) is 7.28. The second-order valence-corrected chi connectivity index (χ2v) is 16.3. The van der Waals surface area contributed by atoms with Crippen molar-refractivity contribution in [1.82, 2.24) is 40.3 Å². The second-order valence-electron chi connectivity index (χ2n) is 15.9. The number of nitrogens with two attached hydrogens (primary N) is 1. The highest BCUT2D eigenvalue weighted by Crippen LogP contribution is 2.50. The van der Waals surface area contributed by atoms with E-state index in [9.17, 15) is 9.59 Å². The SMILES string of the molecule is NC1(C(=O)N[C@@H](CCN2CCN(C(=O)C34CCC(CN5CCNCC5)(CC3)OC4)CC2)c2ccc(Cl)cc2)CCN(c2ncnc3[nH]ccc23)CC1. The summed E-state index contributed by atoms with van der Waals surface area (Å²) in [5, 5.41) is 8.39. The Kier molecular flexibility index (Phi) is 10.2. The lowest BCUT2D eigenvalue weighted by Crippen LogP contribution is -2.63. The van der Waals surface area contributed by atoms with Gasteiger partial charge in [-0.3, -0.25) is 19.4 Å². The van der Waals surface area contributed by atoms with E-state index in [0.29, 0.717) is 50.7 Å². The van der Waals surface area contributed by atoms with Crippen molar-refractivity contribution in [3.63, 3.8) is 0 Å². The van der Waals surface area contributed by atoms with Crippen molar-refractivity contribution in [1.29, 1.82) is 0 Å². The van der Waals surface area contributed by atoms with E-state index in [-0.39, 0.29) is 28.9 Å². The molecule has 14 heteroatoms. The van der Waals surface area contributed by atoms with Gasteiger partial charge in [0.25, 0.3) is 0 Å². The molecular formula is C38H53ClN10O3. The molecule has 0 unspecified atom stereocenters. The molecule has 5 aliphatic heterocycles. The van der Waals surface area contributed by atoms with Gasteiger partial charge in [0.1, 0.15) is 17.8 Å². The maximum Gasteiger partial charge on any atom is 0.240 e. The number of amides is 2. The maximum atomic E-state index is 14.0. The Hall–Kier alpha value is -3.33. The number of carbonyl (C=O) groups is 2. The third-order valence-corrected chi connectivity index (χ3v) is 12.9. The van der Waals surface area contributed by atoms with Gasteiger partial charge in [-0.15, -0.1) is 0 Å². The number of hydrogen-bond acceptors (Lipinski definition) is 10. The highest BCUT2D eigenvalue weighted by molar-refractivity contribution is 6.30. The Labute approximate surface area is 310 Å². The number of carbonyl (C=O) groups excluding carboxylic acids is 2. The Morgan fingerprint density at radius 3 is 2.33 bits per heavy atom. The van der Waals surface area contributed by atoms with E-state index in [0.717, 1.165) is 107 Å². The molecular weight excluding hydrogens is 680 g/mol. The van der Waals surface area contributed by atoms with Crippen molar-refractivity contribution in [2.24, 2.45) is 11.1 Å². The van der Waals surface area contributed by atoms with E-state index < -0.39 is 5.54 Å². The molecule has 1 aliphatic carbocycles. The van der Waals surface area contributed by atoms with Crippen LogP contribution < -0.4 is 21.3 Å². The molecule has 52 heavy (non-hydrogen) atoms. The van der Waals surface area contributed by atoms with Crippen LogP contribution >= 0.6 is 11.6 Å². The summed E-state index contributed by atoms with van der Waals surface area (Å²) in [6.07, 6.45) is 9.00. The normalized spacial score (nSPS) is 27.5. The Balaban J connectivity index is 0.841. The third-order valence-electron chi connectivity index (χ3n) is 12.7. The number of aromatic nitrogens is 3. The molecule has 9 rings (SSSR count). The average molecular weight is 733 g/mol. The zero-order valence-corrected chi connectivity index (χ0v) is 30.9. The number of rotatable bonds is 10. The van der Waals surface area contributed by atoms with Gasteiger partial charge in [-0.1, -0.05) is 23.7 Å².